The van der Waals surface area contributed by atoms with Gasteiger partial charge in [-0.1, -0.05) is 6.92 Å². The van der Waals surface area contributed by atoms with Gasteiger partial charge in [-0.2, -0.15) is 13.2 Å². The molecule has 7 heteroatoms. The Bertz CT molecular complexity index is 627. The number of aromatic nitrogens is 1. The quantitative estimate of drug-likeness (QED) is 0.876. The van der Waals surface area contributed by atoms with E-state index in [2.05, 4.69) is 17.2 Å². The summed E-state index contributed by atoms with van der Waals surface area (Å²) in [7, 11) is 0. The Balaban J connectivity index is 1.65. The molecule has 2 heterocycles. The molecule has 1 N–H and O–H groups in total. The van der Waals surface area contributed by atoms with Crippen LogP contribution in [0.3, 0.4) is 0 Å². The standard InChI is InChI=1S/C19H26F3N3O/c1-13-6-8-15(9-7-13)24-18(26)14-4-3-11-25(12-14)17-16(19(20,21)22)5-2-10-23-17/h2,5,10,13-15H,3-4,6-9,11-12H2,1H3,(H,24,26). The zero-order valence-corrected chi connectivity index (χ0v) is 15.1. The van der Waals surface area contributed by atoms with Gasteiger partial charge in [-0.25, -0.2) is 4.98 Å². The molecular formula is C19H26F3N3O. The van der Waals surface area contributed by atoms with Gasteiger partial charge in [0.2, 0.25) is 5.91 Å². The van der Waals surface area contributed by atoms with Crippen LogP contribution in [0.4, 0.5) is 19.0 Å². The maximum Gasteiger partial charge on any atom is 0.419 e. The first-order valence-electron chi connectivity index (χ1n) is 9.42. The van der Waals surface area contributed by atoms with Gasteiger partial charge >= 0.3 is 6.18 Å². The molecule has 1 unspecified atom stereocenters. The number of pyridine rings is 1. The largest absolute Gasteiger partial charge is 0.419 e. The predicted molar refractivity (Wildman–Crippen MR) is 93.7 cm³/mol. The number of alkyl halides is 3. The van der Waals surface area contributed by atoms with E-state index in [0.717, 1.165) is 31.7 Å². The summed E-state index contributed by atoms with van der Waals surface area (Å²) in [6.07, 6.45) is 2.53. The molecule has 1 atom stereocenters. The van der Waals surface area contributed by atoms with E-state index < -0.39 is 11.7 Å². The van der Waals surface area contributed by atoms with Crippen LogP contribution in [0.1, 0.15) is 51.0 Å². The highest BCUT2D eigenvalue weighted by molar-refractivity contribution is 5.80. The Hall–Kier alpha value is -1.79. The Morgan fingerprint density at radius 3 is 2.65 bits per heavy atom. The first kappa shape index (κ1) is 19.0. The van der Waals surface area contributed by atoms with E-state index in [9.17, 15) is 18.0 Å². The summed E-state index contributed by atoms with van der Waals surface area (Å²) >= 11 is 0. The molecule has 0 radical (unpaired) electrons. The third-order valence-corrected chi connectivity index (χ3v) is 5.55. The smallest absolute Gasteiger partial charge is 0.355 e. The second kappa shape index (κ2) is 7.84. The Morgan fingerprint density at radius 1 is 1.23 bits per heavy atom. The van der Waals surface area contributed by atoms with Gasteiger partial charge in [-0.15, -0.1) is 0 Å². The number of halogens is 3. The van der Waals surface area contributed by atoms with Crippen LogP contribution in [0.25, 0.3) is 0 Å². The molecule has 1 aromatic rings. The summed E-state index contributed by atoms with van der Waals surface area (Å²) in [6, 6.07) is 2.55. The topological polar surface area (TPSA) is 45.2 Å². The summed E-state index contributed by atoms with van der Waals surface area (Å²) in [5.41, 5.74) is -0.734. The van der Waals surface area contributed by atoms with Crippen LogP contribution in [0.5, 0.6) is 0 Å². The van der Waals surface area contributed by atoms with Crippen molar-refractivity contribution in [1.82, 2.24) is 10.3 Å². The molecule has 0 bridgehead atoms. The number of carbonyl (C=O) groups is 1. The summed E-state index contributed by atoms with van der Waals surface area (Å²) in [4.78, 5) is 18.2. The number of nitrogens with one attached hydrogen (secondary N) is 1. The van der Waals surface area contributed by atoms with Crippen LogP contribution < -0.4 is 10.2 Å². The number of hydrogen-bond acceptors (Lipinski definition) is 3. The fourth-order valence-electron chi connectivity index (χ4n) is 3.98. The van der Waals surface area contributed by atoms with Crippen LogP contribution in [-0.2, 0) is 11.0 Å². The third kappa shape index (κ3) is 4.48. The molecule has 3 rings (SSSR count). The number of nitrogens with zero attached hydrogens (tertiary/aromatic N) is 2. The third-order valence-electron chi connectivity index (χ3n) is 5.55. The van der Waals surface area contributed by atoms with Gasteiger partial charge in [0.05, 0.1) is 11.5 Å². The van der Waals surface area contributed by atoms with Crippen molar-refractivity contribution in [3.63, 3.8) is 0 Å². The second-order valence-corrected chi connectivity index (χ2v) is 7.62. The van der Waals surface area contributed by atoms with Crippen LogP contribution >= 0.6 is 0 Å². The lowest BCUT2D eigenvalue weighted by atomic mass is 9.87. The predicted octanol–water partition coefficient (Wildman–Crippen LogP) is 4.01. The van der Waals surface area contributed by atoms with Gasteiger partial charge in [0.1, 0.15) is 5.82 Å². The monoisotopic (exact) mass is 369 g/mol. The number of carbonyl (C=O) groups excluding carboxylic acids is 1. The molecule has 1 saturated carbocycles. The number of piperidine rings is 1. The maximum atomic E-state index is 13.3. The van der Waals surface area contributed by atoms with Gasteiger partial charge in [0.25, 0.3) is 0 Å². The van der Waals surface area contributed by atoms with E-state index in [4.69, 9.17) is 0 Å². The number of amides is 1. The fourth-order valence-corrected chi connectivity index (χ4v) is 3.98. The minimum Gasteiger partial charge on any atom is -0.355 e. The maximum absolute atomic E-state index is 13.3. The number of hydrogen-bond donors (Lipinski definition) is 1. The Labute approximate surface area is 152 Å². The van der Waals surface area contributed by atoms with Crippen molar-refractivity contribution in [3.05, 3.63) is 23.9 Å². The van der Waals surface area contributed by atoms with E-state index in [1.807, 2.05) is 0 Å². The van der Waals surface area contributed by atoms with Crippen LogP contribution in [0, 0.1) is 11.8 Å². The second-order valence-electron chi connectivity index (χ2n) is 7.62. The van der Waals surface area contributed by atoms with E-state index in [-0.39, 0.29) is 30.2 Å². The van der Waals surface area contributed by atoms with Crippen molar-refractivity contribution < 1.29 is 18.0 Å². The lowest BCUT2D eigenvalue weighted by Crippen LogP contribution is -2.47. The average Bonchev–Trinajstić information content (AvgIpc) is 2.63. The zero-order valence-electron chi connectivity index (χ0n) is 15.1. The summed E-state index contributed by atoms with van der Waals surface area (Å²) in [5, 5.41) is 3.12. The van der Waals surface area contributed by atoms with Crippen molar-refractivity contribution in [2.24, 2.45) is 11.8 Å². The molecule has 144 valence electrons. The molecular weight excluding hydrogens is 343 g/mol. The highest BCUT2D eigenvalue weighted by Gasteiger charge is 2.37. The minimum atomic E-state index is -4.45. The van der Waals surface area contributed by atoms with Gasteiger partial charge in [0, 0.05) is 25.3 Å². The minimum absolute atomic E-state index is 0.0289. The van der Waals surface area contributed by atoms with Crippen molar-refractivity contribution in [2.45, 2.75) is 57.7 Å². The molecule has 1 aromatic heterocycles. The molecule has 1 amide bonds. The van der Waals surface area contributed by atoms with Gasteiger partial charge in [-0.3, -0.25) is 4.79 Å². The lowest BCUT2D eigenvalue weighted by Gasteiger charge is -2.35. The van der Waals surface area contributed by atoms with Crippen molar-refractivity contribution in [1.29, 1.82) is 0 Å². The number of anilines is 1. The zero-order chi connectivity index (χ0) is 18.7. The SMILES string of the molecule is CC1CCC(NC(=O)C2CCCN(c3ncccc3C(F)(F)F)C2)CC1. The highest BCUT2D eigenvalue weighted by Crippen LogP contribution is 2.36. The normalized spacial score (nSPS) is 27.2. The average molecular weight is 369 g/mol. The first-order chi connectivity index (χ1) is 12.3. The molecule has 2 fully saturated rings. The fraction of sp³-hybridized carbons (Fsp3) is 0.684. The molecule has 0 spiro atoms. The Kier molecular flexibility index (Phi) is 5.73. The molecule has 0 aromatic carbocycles. The van der Waals surface area contributed by atoms with E-state index in [0.29, 0.717) is 25.3 Å². The van der Waals surface area contributed by atoms with Crippen LogP contribution in [0.15, 0.2) is 18.3 Å². The van der Waals surface area contributed by atoms with Gasteiger partial charge in [0.15, 0.2) is 0 Å². The van der Waals surface area contributed by atoms with Crippen molar-refractivity contribution >= 4 is 11.7 Å². The summed E-state index contributed by atoms with van der Waals surface area (Å²) in [6.45, 7) is 3.00. The van der Waals surface area contributed by atoms with Crippen molar-refractivity contribution in [3.8, 4) is 0 Å². The summed E-state index contributed by atoms with van der Waals surface area (Å²) in [5.74, 6) is 0.326. The van der Waals surface area contributed by atoms with Gasteiger partial charge < -0.3 is 10.2 Å². The molecule has 26 heavy (non-hydrogen) atoms. The van der Waals surface area contributed by atoms with Gasteiger partial charge in [-0.05, 0) is 56.6 Å². The molecule has 1 aliphatic carbocycles. The van der Waals surface area contributed by atoms with Crippen LogP contribution in [0.2, 0.25) is 0 Å². The van der Waals surface area contributed by atoms with Crippen molar-refractivity contribution in [2.75, 3.05) is 18.0 Å². The van der Waals surface area contributed by atoms with E-state index >= 15 is 0 Å². The lowest BCUT2D eigenvalue weighted by molar-refractivity contribution is -0.137. The molecule has 1 saturated heterocycles. The van der Waals surface area contributed by atoms with E-state index in [1.54, 1.807) is 4.90 Å². The first-order valence-corrected chi connectivity index (χ1v) is 9.42. The molecule has 1 aliphatic heterocycles. The molecule has 4 nitrogen and oxygen atoms in total. The molecule has 2 aliphatic rings. The Morgan fingerprint density at radius 2 is 1.96 bits per heavy atom. The summed E-state index contributed by atoms with van der Waals surface area (Å²) < 4.78 is 39.8. The highest BCUT2D eigenvalue weighted by atomic mass is 19.4. The van der Waals surface area contributed by atoms with Crippen LogP contribution in [-0.4, -0.2) is 30.0 Å². The number of rotatable bonds is 3. The van der Waals surface area contributed by atoms with E-state index in [1.165, 1.54) is 12.3 Å².